The lowest BCUT2D eigenvalue weighted by Gasteiger charge is -2.11. The van der Waals surface area contributed by atoms with Gasteiger partial charge in [-0.1, -0.05) is 6.92 Å². The summed E-state index contributed by atoms with van der Waals surface area (Å²) in [5.41, 5.74) is 5.10. The highest BCUT2D eigenvalue weighted by molar-refractivity contribution is 5.94. The number of benzene rings is 1. The maximum Gasteiger partial charge on any atom is 0.254 e. The summed E-state index contributed by atoms with van der Waals surface area (Å²) >= 11 is 0. The minimum absolute atomic E-state index is 0.209. The number of rotatable bonds is 5. The summed E-state index contributed by atoms with van der Waals surface area (Å²) in [5.74, 6) is -1.76. The van der Waals surface area contributed by atoms with Crippen LogP contribution < -0.4 is 11.1 Å². The predicted molar refractivity (Wildman–Crippen MR) is 61.5 cm³/mol. The van der Waals surface area contributed by atoms with E-state index in [1.807, 2.05) is 6.92 Å². The van der Waals surface area contributed by atoms with Crippen LogP contribution in [0, 0.1) is 17.6 Å². The van der Waals surface area contributed by atoms with Gasteiger partial charge in [0.25, 0.3) is 5.91 Å². The molecule has 0 aromatic heterocycles. The van der Waals surface area contributed by atoms with E-state index in [-0.39, 0.29) is 11.5 Å². The number of carbonyl (C=O) groups is 1. The molecule has 1 rings (SSSR count). The van der Waals surface area contributed by atoms with E-state index in [0.717, 1.165) is 24.6 Å². The fraction of sp³-hybridized carbons (Fsp3) is 0.417. The second-order valence-corrected chi connectivity index (χ2v) is 4.02. The second-order valence-electron chi connectivity index (χ2n) is 4.02. The summed E-state index contributed by atoms with van der Waals surface area (Å²) in [6, 6.07) is 2.80. The lowest BCUT2D eigenvalue weighted by atomic mass is 10.1. The molecular weight excluding hydrogens is 226 g/mol. The van der Waals surface area contributed by atoms with E-state index >= 15 is 0 Å². The van der Waals surface area contributed by atoms with Gasteiger partial charge in [-0.2, -0.15) is 0 Å². The number of nitrogens with one attached hydrogen (secondary N) is 1. The first-order valence-corrected chi connectivity index (χ1v) is 5.48. The van der Waals surface area contributed by atoms with Gasteiger partial charge in [0.2, 0.25) is 0 Å². The van der Waals surface area contributed by atoms with Crippen LogP contribution in [-0.2, 0) is 0 Å². The van der Waals surface area contributed by atoms with Gasteiger partial charge in [0, 0.05) is 6.54 Å². The molecule has 0 heterocycles. The van der Waals surface area contributed by atoms with E-state index in [9.17, 15) is 13.6 Å². The molecule has 0 radical (unpaired) electrons. The molecule has 17 heavy (non-hydrogen) atoms. The Hall–Kier alpha value is -1.49. The van der Waals surface area contributed by atoms with E-state index in [2.05, 4.69) is 5.32 Å². The molecule has 0 aliphatic heterocycles. The van der Waals surface area contributed by atoms with Crippen LogP contribution in [0.5, 0.6) is 0 Å². The molecule has 3 nitrogen and oxygen atoms in total. The molecule has 0 spiro atoms. The standard InChI is InChI=1S/C12H16F2N2O/c1-8(4-5-15)7-16-12(17)10-6-9(13)2-3-11(10)14/h2-3,6,8H,4-5,7,15H2,1H3,(H,16,17). The fourth-order valence-electron chi connectivity index (χ4n) is 1.42. The highest BCUT2D eigenvalue weighted by Crippen LogP contribution is 2.09. The SMILES string of the molecule is CC(CCN)CNC(=O)c1cc(F)ccc1F. The molecule has 3 N–H and O–H groups in total. The summed E-state index contributed by atoms with van der Waals surface area (Å²) in [5, 5.41) is 2.55. The minimum atomic E-state index is -0.727. The Morgan fingerprint density at radius 2 is 2.18 bits per heavy atom. The molecule has 0 saturated heterocycles. The predicted octanol–water partition coefficient (Wildman–Crippen LogP) is 1.68. The summed E-state index contributed by atoms with van der Waals surface area (Å²) < 4.78 is 26.1. The number of carbonyl (C=O) groups excluding carboxylic acids is 1. The summed E-state index contributed by atoms with van der Waals surface area (Å²) in [7, 11) is 0. The van der Waals surface area contributed by atoms with Crippen LogP contribution in [0.1, 0.15) is 23.7 Å². The van der Waals surface area contributed by atoms with Crippen LogP contribution in [0.3, 0.4) is 0 Å². The number of hydrogen-bond acceptors (Lipinski definition) is 2. The molecule has 0 fully saturated rings. The smallest absolute Gasteiger partial charge is 0.254 e. The molecular formula is C12H16F2N2O. The minimum Gasteiger partial charge on any atom is -0.352 e. The maximum absolute atomic E-state index is 13.2. The Bertz CT molecular complexity index is 396. The average molecular weight is 242 g/mol. The topological polar surface area (TPSA) is 55.1 Å². The molecule has 1 aromatic rings. The normalized spacial score (nSPS) is 12.2. The number of amides is 1. The molecule has 0 bridgehead atoms. The Kier molecular flexibility index (Phi) is 5.03. The van der Waals surface area contributed by atoms with Gasteiger partial charge < -0.3 is 11.1 Å². The zero-order valence-electron chi connectivity index (χ0n) is 9.67. The fourth-order valence-corrected chi connectivity index (χ4v) is 1.42. The molecule has 0 saturated carbocycles. The van der Waals surface area contributed by atoms with Crippen molar-refractivity contribution in [3.05, 3.63) is 35.4 Å². The Labute approximate surface area is 99.0 Å². The van der Waals surface area contributed by atoms with Gasteiger partial charge in [0.15, 0.2) is 0 Å². The zero-order chi connectivity index (χ0) is 12.8. The monoisotopic (exact) mass is 242 g/mol. The molecule has 1 unspecified atom stereocenters. The van der Waals surface area contributed by atoms with Crippen molar-refractivity contribution >= 4 is 5.91 Å². The maximum atomic E-state index is 13.2. The van der Waals surface area contributed by atoms with Crippen LogP contribution in [0.4, 0.5) is 8.78 Å². The first-order chi connectivity index (χ1) is 8.04. The van der Waals surface area contributed by atoms with E-state index in [1.165, 1.54) is 0 Å². The van der Waals surface area contributed by atoms with E-state index in [4.69, 9.17) is 5.73 Å². The van der Waals surface area contributed by atoms with Crippen LogP contribution >= 0.6 is 0 Å². The highest BCUT2D eigenvalue weighted by Gasteiger charge is 2.13. The van der Waals surface area contributed by atoms with E-state index in [1.54, 1.807) is 0 Å². The molecule has 5 heteroatoms. The van der Waals surface area contributed by atoms with Crippen molar-refractivity contribution in [1.29, 1.82) is 0 Å². The van der Waals surface area contributed by atoms with Crippen molar-refractivity contribution < 1.29 is 13.6 Å². The van der Waals surface area contributed by atoms with Gasteiger partial charge in [-0.15, -0.1) is 0 Å². The van der Waals surface area contributed by atoms with Crippen molar-refractivity contribution in [2.75, 3.05) is 13.1 Å². The zero-order valence-corrected chi connectivity index (χ0v) is 9.67. The molecule has 1 aromatic carbocycles. The molecule has 0 aliphatic carbocycles. The second kappa shape index (κ2) is 6.30. The van der Waals surface area contributed by atoms with Crippen LogP contribution in [0.2, 0.25) is 0 Å². The average Bonchev–Trinajstić information content (AvgIpc) is 2.29. The van der Waals surface area contributed by atoms with Crippen molar-refractivity contribution in [2.45, 2.75) is 13.3 Å². The first-order valence-electron chi connectivity index (χ1n) is 5.48. The van der Waals surface area contributed by atoms with Gasteiger partial charge in [-0.25, -0.2) is 8.78 Å². The Morgan fingerprint density at radius 1 is 1.47 bits per heavy atom. The van der Waals surface area contributed by atoms with Crippen molar-refractivity contribution in [2.24, 2.45) is 11.7 Å². The number of halogens is 2. The van der Waals surface area contributed by atoms with Crippen LogP contribution in [0.25, 0.3) is 0 Å². The number of hydrogen-bond donors (Lipinski definition) is 2. The quantitative estimate of drug-likeness (QED) is 0.825. The van der Waals surface area contributed by atoms with Crippen molar-refractivity contribution in [3.8, 4) is 0 Å². The molecule has 1 amide bonds. The van der Waals surface area contributed by atoms with Gasteiger partial charge in [0.1, 0.15) is 11.6 Å². The Balaban J connectivity index is 2.61. The third kappa shape index (κ3) is 4.11. The van der Waals surface area contributed by atoms with Crippen molar-refractivity contribution in [1.82, 2.24) is 5.32 Å². The lowest BCUT2D eigenvalue weighted by molar-refractivity contribution is 0.0943. The van der Waals surface area contributed by atoms with Gasteiger partial charge in [-0.3, -0.25) is 4.79 Å². The third-order valence-electron chi connectivity index (χ3n) is 2.44. The lowest BCUT2D eigenvalue weighted by Crippen LogP contribution is -2.29. The molecule has 0 aliphatic rings. The first kappa shape index (κ1) is 13.6. The van der Waals surface area contributed by atoms with Crippen LogP contribution in [-0.4, -0.2) is 19.0 Å². The summed E-state index contributed by atoms with van der Waals surface area (Å²) in [4.78, 5) is 11.6. The van der Waals surface area contributed by atoms with Gasteiger partial charge in [0.05, 0.1) is 5.56 Å². The third-order valence-corrected chi connectivity index (χ3v) is 2.44. The van der Waals surface area contributed by atoms with Crippen molar-refractivity contribution in [3.63, 3.8) is 0 Å². The Morgan fingerprint density at radius 3 is 2.82 bits per heavy atom. The number of nitrogens with two attached hydrogens (primary N) is 1. The summed E-state index contributed by atoms with van der Waals surface area (Å²) in [6.07, 6.45) is 0.770. The largest absolute Gasteiger partial charge is 0.352 e. The molecule has 1 atom stereocenters. The molecule has 94 valence electrons. The summed E-state index contributed by atoms with van der Waals surface area (Å²) in [6.45, 7) is 2.85. The van der Waals surface area contributed by atoms with Crippen LogP contribution in [0.15, 0.2) is 18.2 Å². The van der Waals surface area contributed by atoms with E-state index < -0.39 is 17.5 Å². The van der Waals surface area contributed by atoms with E-state index in [0.29, 0.717) is 13.1 Å². The van der Waals surface area contributed by atoms with Gasteiger partial charge >= 0.3 is 0 Å². The van der Waals surface area contributed by atoms with Gasteiger partial charge in [-0.05, 0) is 37.1 Å². The highest BCUT2D eigenvalue weighted by atomic mass is 19.1.